The highest BCUT2D eigenvalue weighted by Gasteiger charge is 2.15. The number of ether oxygens (including phenoxy) is 1. The zero-order valence-corrected chi connectivity index (χ0v) is 11.0. The number of furan rings is 1. The van der Waals surface area contributed by atoms with Gasteiger partial charge in [0.15, 0.2) is 0 Å². The van der Waals surface area contributed by atoms with Crippen molar-refractivity contribution in [3.05, 3.63) is 60.1 Å². The molecule has 1 aromatic carbocycles. The summed E-state index contributed by atoms with van der Waals surface area (Å²) in [5, 5.41) is 0. The van der Waals surface area contributed by atoms with Crippen LogP contribution in [0.5, 0.6) is 0 Å². The molecule has 0 radical (unpaired) electrons. The maximum atomic E-state index is 12.0. The lowest BCUT2D eigenvalue weighted by molar-refractivity contribution is 0.0961. The Morgan fingerprint density at radius 1 is 1.25 bits per heavy atom. The SMILES string of the molecule is C#CCN(Cc1ccco1)C(=O)OCc1ccccc1. The van der Waals surface area contributed by atoms with Crippen LogP contribution in [-0.2, 0) is 17.9 Å². The first-order chi connectivity index (χ1) is 9.79. The zero-order chi connectivity index (χ0) is 14.2. The van der Waals surface area contributed by atoms with Crippen molar-refractivity contribution in [1.82, 2.24) is 4.90 Å². The van der Waals surface area contributed by atoms with Crippen LogP contribution in [0.25, 0.3) is 0 Å². The summed E-state index contributed by atoms with van der Waals surface area (Å²) >= 11 is 0. The molecule has 0 unspecified atom stereocenters. The molecule has 0 atom stereocenters. The van der Waals surface area contributed by atoms with Gasteiger partial charge >= 0.3 is 6.09 Å². The molecule has 0 aliphatic heterocycles. The highest BCUT2D eigenvalue weighted by atomic mass is 16.6. The minimum Gasteiger partial charge on any atom is -0.467 e. The first-order valence-electron chi connectivity index (χ1n) is 6.21. The van der Waals surface area contributed by atoms with Gasteiger partial charge in [-0.1, -0.05) is 36.3 Å². The van der Waals surface area contributed by atoms with Gasteiger partial charge in [0.25, 0.3) is 0 Å². The van der Waals surface area contributed by atoms with Gasteiger partial charge in [-0.25, -0.2) is 4.79 Å². The van der Waals surface area contributed by atoms with Crippen LogP contribution >= 0.6 is 0 Å². The number of rotatable bonds is 5. The highest BCUT2D eigenvalue weighted by molar-refractivity contribution is 5.68. The van der Waals surface area contributed by atoms with Crippen LogP contribution in [0.15, 0.2) is 53.1 Å². The van der Waals surface area contributed by atoms with Gasteiger partial charge in [-0.05, 0) is 17.7 Å². The van der Waals surface area contributed by atoms with Crippen molar-refractivity contribution >= 4 is 6.09 Å². The molecule has 0 N–H and O–H groups in total. The molecule has 0 saturated heterocycles. The maximum absolute atomic E-state index is 12.0. The fraction of sp³-hybridized carbons (Fsp3) is 0.188. The Morgan fingerprint density at radius 2 is 2.05 bits per heavy atom. The summed E-state index contributed by atoms with van der Waals surface area (Å²) in [6.07, 6.45) is 6.37. The summed E-state index contributed by atoms with van der Waals surface area (Å²) in [6, 6.07) is 13.0. The van der Waals surface area contributed by atoms with E-state index < -0.39 is 6.09 Å². The Hall–Kier alpha value is -2.67. The Labute approximate surface area is 118 Å². The lowest BCUT2D eigenvalue weighted by Gasteiger charge is -2.18. The number of hydrogen-bond acceptors (Lipinski definition) is 3. The summed E-state index contributed by atoms with van der Waals surface area (Å²) in [5.74, 6) is 3.11. The van der Waals surface area contributed by atoms with E-state index in [4.69, 9.17) is 15.6 Å². The lowest BCUT2D eigenvalue weighted by atomic mass is 10.2. The second-order valence-electron chi connectivity index (χ2n) is 4.18. The van der Waals surface area contributed by atoms with E-state index in [2.05, 4.69) is 5.92 Å². The predicted molar refractivity (Wildman–Crippen MR) is 74.6 cm³/mol. The van der Waals surface area contributed by atoms with Gasteiger partial charge in [0, 0.05) is 0 Å². The van der Waals surface area contributed by atoms with Crippen molar-refractivity contribution < 1.29 is 13.9 Å². The van der Waals surface area contributed by atoms with Crippen molar-refractivity contribution in [3.63, 3.8) is 0 Å². The summed E-state index contributed by atoms with van der Waals surface area (Å²) in [4.78, 5) is 13.4. The molecule has 0 saturated carbocycles. The predicted octanol–water partition coefficient (Wildman–Crippen LogP) is 3.05. The molecule has 4 heteroatoms. The molecule has 1 heterocycles. The fourth-order valence-corrected chi connectivity index (χ4v) is 1.70. The zero-order valence-electron chi connectivity index (χ0n) is 11.0. The molecule has 0 aliphatic rings. The average molecular weight is 269 g/mol. The third-order valence-corrected chi connectivity index (χ3v) is 2.67. The van der Waals surface area contributed by atoms with Crippen molar-refractivity contribution in [1.29, 1.82) is 0 Å². The van der Waals surface area contributed by atoms with Crippen molar-refractivity contribution in [2.24, 2.45) is 0 Å². The van der Waals surface area contributed by atoms with Gasteiger partial charge in [-0.15, -0.1) is 6.42 Å². The fourth-order valence-electron chi connectivity index (χ4n) is 1.70. The van der Waals surface area contributed by atoms with Crippen molar-refractivity contribution in [2.75, 3.05) is 6.54 Å². The van der Waals surface area contributed by atoms with Crippen LogP contribution in [0.2, 0.25) is 0 Å². The number of hydrogen-bond donors (Lipinski definition) is 0. The van der Waals surface area contributed by atoms with E-state index in [0.29, 0.717) is 12.3 Å². The smallest absolute Gasteiger partial charge is 0.411 e. The minimum absolute atomic E-state index is 0.175. The Bertz CT molecular complexity index is 570. The molecule has 0 spiro atoms. The average Bonchev–Trinajstić information content (AvgIpc) is 2.98. The first kappa shape index (κ1) is 13.8. The lowest BCUT2D eigenvalue weighted by Crippen LogP contribution is -2.31. The third kappa shape index (κ3) is 3.92. The van der Waals surface area contributed by atoms with E-state index in [9.17, 15) is 4.79 Å². The molecule has 0 aliphatic carbocycles. The summed E-state index contributed by atoms with van der Waals surface area (Å²) in [6.45, 7) is 0.693. The number of amides is 1. The normalized spacial score (nSPS) is 9.75. The quantitative estimate of drug-likeness (QED) is 0.783. The second-order valence-corrected chi connectivity index (χ2v) is 4.18. The molecule has 102 valence electrons. The van der Waals surface area contributed by atoms with Crippen LogP contribution < -0.4 is 0 Å². The molecule has 2 rings (SSSR count). The van der Waals surface area contributed by atoms with Crippen molar-refractivity contribution in [3.8, 4) is 12.3 Å². The van der Waals surface area contributed by atoms with Gasteiger partial charge in [0.05, 0.1) is 19.4 Å². The molecule has 20 heavy (non-hydrogen) atoms. The van der Waals surface area contributed by atoms with E-state index in [0.717, 1.165) is 5.56 Å². The van der Waals surface area contributed by atoms with E-state index >= 15 is 0 Å². The van der Waals surface area contributed by atoms with Crippen molar-refractivity contribution in [2.45, 2.75) is 13.2 Å². The van der Waals surface area contributed by atoms with Gasteiger partial charge in [0.2, 0.25) is 0 Å². The molecular weight excluding hydrogens is 254 g/mol. The number of nitrogens with zero attached hydrogens (tertiary/aromatic N) is 1. The second kappa shape index (κ2) is 7.05. The summed E-state index contributed by atoms with van der Waals surface area (Å²) in [7, 11) is 0. The number of carbonyl (C=O) groups excluding carboxylic acids is 1. The Morgan fingerprint density at radius 3 is 2.70 bits per heavy atom. The van der Waals surface area contributed by atoms with Gasteiger partial charge in [-0.2, -0.15) is 0 Å². The number of benzene rings is 1. The van der Waals surface area contributed by atoms with E-state index in [1.807, 2.05) is 30.3 Å². The first-order valence-corrected chi connectivity index (χ1v) is 6.21. The van der Waals surface area contributed by atoms with E-state index in [1.165, 1.54) is 4.90 Å². The summed E-state index contributed by atoms with van der Waals surface area (Å²) in [5.41, 5.74) is 0.930. The van der Waals surface area contributed by atoms with Crippen LogP contribution in [-0.4, -0.2) is 17.5 Å². The maximum Gasteiger partial charge on any atom is 0.411 e. The van der Waals surface area contributed by atoms with E-state index in [-0.39, 0.29) is 13.2 Å². The standard InChI is InChI=1S/C16H15NO3/c1-2-10-17(12-15-9-6-11-19-15)16(18)20-13-14-7-4-3-5-8-14/h1,3-9,11H,10,12-13H2. The molecule has 1 amide bonds. The van der Waals surface area contributed by atoms with Crippen LogP contribution in [0.1, 0.15) is 11.3 Å². The molecule has 4 nitrogen and oxygen atoms in total. The number of terminal acetylenes is 1. The largest absolute Gasteiger partial charge is 0.467 e. The minimum atomic E-state index is -0.455. The van der Waals surface area contributed by atoms with Gasteiger partial charge < -0.3 is 9.15 Å². The third-order valence-electron chi connectivity index (χ3n) is 2.67. The molecule has 1 aromatic heterocycles. The summed E-state index contributed by atoms with van der Waals surface area (Å²) < 4.78 is 10.4. The molecule has 2 aromatic rings. The van der Waals surface area contributed by atoms with Gasteiger partial charge in [0.1, 0.15) is 12.4 Å². The van der Waals surface area contributed by atoms with E-state index in [1.54, 1.807) is 18.4 Å². The van der Waals surface area contributed by atoms with Crippen LogP contribution in [0.4, 0.5) is 4.79 Å². The highest BCUT2D eigenvalue weighted by Crippen LogP contribution is 2.08. The molecule has 0 fully saturated rings. The monoisotopic (exact) mass is 269 g/mol. The molecule has 0 bridgehead atoms. The van der Waals surface area contributed by atoms with Crippen LogP contribution in [0.3, 0.4) is 0 Å². The Balaban J connectivity index is 1.92. The number of carbonyl (C=O) groups is 1. The van der Waals surface area contributed by atoms with Gasteiger partial charge in [-0.3, -0.25) is 4.90 Å². The van der Waals surface area contributed by atoms with Crippen LogP contribution in [0, 0.1) is 12.3 Å². The topological polar surface area (TPSA) is 42.7 Å². The Kier molecular flexibility index (Phi) is 4.85. The molecular formula is C16H15NO3.